The van der Waals surface area contributed by atoms with E-state index in [9.17, 15) is 0 Å². The van der Waals surface area contributed by atoms with E-state index in [1.165, 1.54) is 5.56 Å². The first kappa shape index (κ1) is 14.7. The van der Waals surface area contributed by atoms with Crippen LogP contribution in [0, 0.1) is 16.7 Å². The van der Waals surface area contributed by atoms with E-state index in [0.717, 1.165) is 23.5 Å². The molecule has 4 nitrogen and oxygen atoms in total. The SMILES string of the molecule is COc1cc2c(cc1CNCC(C)(C)C#N)OC(C)C2. The van der Waals surface area contributed by atoms with Crippen molar-refractivity contribution in [3.63, 3.8) is 0 Å². The second-order valence-corrected chi connectivity index (χ2v) is 6.00. The van der Waals surface area contributed by atoms with E-state index in [2.05, 4.69) is 24.4 Å². The van der Waals surface area contributed by atoms with Crippen LogP contribution in [0.15, 0.2) is 12.1 Å². The molecule has 1 aliphatic heterocycles. The van der Waals surface area contributed by atoms with E-state index in [1.54, 1.807) is 7.11 Å². The first-order valence-corrected chi connectivity index (χ1v) is 6.93. The molecule has 4 heteroatoms. The summed E-state index contributed by atoms with van der Waals surface area (Å²) in [7, 11) is 1.68. The van der Waals surface area contributed by atoms with Gasteiger partial charge in [-0.25, -0.2) is 0 Å². The molecule has 0 radical (unpaired) electrons. The summed E-state index contributed by atoms with van der Waals surface area (Å²) in [6.07, 6.45) is 1.16. The fourth-order valence-corrected chi connectivity index (χ4v) is 2.36. The third-order valence-electron chi connectivity index (χ3n) is 3.48. The van der Waals surface area contributed by atoms with E-state index >= 15 is 0 Å². The van der Waals surface area contributed by atoms with Gasteiger partial charge in [-0.05, 0) is 32.9 Å². The van der Waals surface area contributed by atoms with E-state index in [0.29, 0.717) is 13.1 Å². The van der Waals surface area contributed by atoms with Gasteiger partial charge in [0.2, 0.25) is 0 Å². The predicted octanol–water partition coefficient (Wildman–Crippen LogP) is 2.66. The molecule has 1 unspecified atom stereocenters. The van der Waals surface area contributed by atoms with Gasteiger partial charge < -0.3 is 14.8 Å². The summed E-state index contributed by atoms with van der Waals surface area (Å²) in [5, 5.41) is 12.3. The van der Waals surface area contributed by atoms with E-state index in [1.807, 2.05) is 19.9 Å². The Morgan fingerprint density at radius 3 is 2.90 bits per heavy atom. The minimum absolute atomic E-state index is 0.232. The van der Waals surface area contributed by atoms with Crippen LogP contribution >= 0.6 is 0 Å². The number of benzene rings is 1. The molecule has 0 amide bonds. The van der Waals surface area contributed by atoms with Crippen LogP contribution in [0.3, 0.4) is 0 Å². The van der Waals surface area contributed by atoms with Crippen LogP contribution in [0.2, 0.25) is 0 Å². The number of methoxy groups -OCH3 is 1. The average Bonchev–Trinajstić information content (AvgIpc) is 2.76. The van der Waals surface area contributed by atoms with E-state index in [4.69, 9.17) is 14.7 Å². The minimum Gasteiger partial charge on any atom is -0.496 e. The third-order valence-corrected chi connectivity index (χ3v) is 3.48. The molecule has 2 rings (SSSR count). The van der Waals surface area contributed by atoms with E-state index in [-0.39, 0.29) is 11.5 Å². The molecule has 108 valence electrons. The zero-order valence-electron chi connectivity index (χ0n) is 12.6. The van der Waals surface area contributed by atoms with Gasteiger partial charge in [0.05, 0.1) is 18.6 Å². The summed E-state index contributed by atoms with van der Waals surface area (Å²) >= 11 is 0. The number of nitriles is 1. The molecule has 1 aliphatic rings. The van der Waals surface area contributed by atoms with Gasteiger partial charge in [-0.1, -0.05) is 0 Å². The van der Waals surface area contributed by atoms with Gasteiger partial charge in [-0.15, -0.1) is 0 Å². The first-order valence-electron chi connectivity index (χ1n) is 6.93. The van der Waals surface area contributed by atoms with Gasteiger partial charge >= 0.3 is 0 Å². The van der Waals surface area contributed by atoms with Crippen molar-refractivity contribution in [2.45, 2.75) is 39.8 Å². The van der Waals surface area contributed by atoms with Crippen LogP contribution in [0.1, 0.15) is 31.9 Å². The molecule has 0 saturated carbocycles. The number of nitrogens with zero attached hydrogens (tertiary/aromatic N) is 1. The van der Waals surface area contributed by atoms with Gasteiger partial charge in [-0.2, -0.15) is 5.26 Å². The minimum atomic E-state index is -0.366. The highest BCUT2D eigenvalue weighted by atomic mass is 16.5. The lowest BCUT2D eigenvalue weighted by molar-refractivity contribution is 0.254. The second kappa shape index (κ2) is 5.72. The Labute approximate surface area is 120 Å². The highest BCUT2D eigenvalue weighted by molar-refractivity contribution is 5.48. The Hall–Kier alpha value is -1.73. The molecule has 1 heterocycles. The van der Waals surface area contributed by atoms with Crippen molar-refractivity contribution in [2.24, 2.45) is 5.41 Å². The summed E-state index contributed by atoms with van der Waals surface area (Å²) < 4.78 is 11.2. The smallest absolute Gasteiger partial charge is 0.123 e. The maximum atomic E-state index is 9.01. The molecule has 1 aromatic rings. The zero-order valence-corrected chi connectivity index (χ0v) is 12.6. The van der Waals surface area contributed by atoms with E-state index < -0.39 is 0 Å². The van der Waals surface area contributed by atoms with Crippen molar-refractivity contribution in [1.29, 1.82) is 5.26 Å². The number of rotatable bonds is 5. The largest absolute Gasteiger partial charge is 0.496 e. The monoisotopic (exact) mass is 274 g/mol. The van der Waals surface area contributed by atoms with Crippen molar-refractivity contribution in [3.8, 4) is 17.6 Å². The van der Waals surface area contributed by atoms with Crippen LogP contribution in [0.25, 0.3) is 0 Å². The number of hydrogen-bond acceptors (Lipinski definition) is 4. The average molecular weight is 274 g/mol. The number of hydrogen-bond donors (Lipinski definition) is 1. The molecule has 0 bridgehead atoms. The van der Waals surface area contributed by atoms with Crippen molar-refractivity contribution in [1.82, 2.24) is 5.32 Å². The van der Waals surface area contributed by atoms with Crippen LogP contribution in [0.5, 0.6) is 11.5 Å². The van der Waals surface area contributed by atoms with Crippen molar-refractivity contribution < 1.29 is 9.47 Å². The summed E-state index contributed by atoms with van der Waals surface area (Å²) in [5.41, 5.74) is 1.90. The topological polar surface area (TPSA) is 54.3 Å². The summed E-state index contributed by atoms with van der Waals surface area (Å²) in [6, 6.07) is 6.39. The normalized spacial score (nSPS) is 17.2. The summed E-state index contributed by atoms with van der Waals surface area (Å²) in [6.45, 7) is 7.22. The van der Waals surface area contributed by atoms with Crippen LogP contribution in [0.4, 0.5) is 0 Å². The van der Waals surface area contributed by atoms with Crippen molar-refractivity contribution in [3.05, 3.63) is 23.3 Å². The van der Waals surface area contributed by atoms with Gasteiger partial charge in [-0.3, -0.25) is 0 Å². The van der Waals surface area contributed by atoms with Gasteiger partial charge in [0, 0.05) is 30.6 Å². The van der Waals surface area contributed by atoms with Crippen LogP contribution in [-0.4, -0.2) is 19.8 Å². The highest BCUT2D eigenvalue weighted by Gasteiger charge is 2.22. The molecule has 1 atom stereocenters. The lowest BCUT2D eigenvalue weighted by atomic mass is 9.96. The number of ether oxygens (including phenoxy) is 2. The molecule has 0 saturated heterocycles. The first-order chi connectivity index (χ1) is 9.45. The Balaban J connectivity index is 2.09. The second-order valence-electron chi connectivity index (χ2n) is 6.00. The molecular formula is C16H22N2O2. The number of fused-ring (bicyclic) bond motifs is 1. The maximum absolute atomic E-state index is 9.01. The Morgan fingerprint density at radius 1 is 1.50 bits per heavy atom. The Bertz CT molecular complexity index is 532. The molecule has 1 N–H and O–H groups in total. The standard InChI is InChI=1S/C16H22N2O2/c1-11-5-12-6-14(19-4)13(7-15(12)20-11)8-18-10-16(2,3)9-17/h6-7,11,18H,5,8,10H2,1-4H3. The molecule has 1 aromatic carbocycles. The Morgan fingerprint density at radius 2 is 2.25 bits per heavy atom. The molecule has 0 aromatic heterocycles. The summed E-state index contributed by atoms with van der Waals surface area (Å²) in [4.78, 5) is 0. The van der Waals surface area contributed by atoms with Crippen LogP contribution < -0.4 is 14.8 Å². The quantitative estimate of drug-likeness (QED) is 0.897. The maximum Gasteiger partial charge on any atom is 0.123 e. The van der Waals surface area contributed by atoms with Crippen molar-refractivity contribution >= 4 is 0 Å². The van der Waals surface area contributed by atoms with Crippen LogP contribution in [-0.2, 0) is 13.0 Å². The molecule has 20 heavy (non-hydrogen) atoms. The third kappa shape index (κ3) is 3.23. The lowest BCUT2D eigenvalue weighted by Crippen LogP contribution is -2.27. The fraction of sp³-hybridized carbons (Fsp3) is 0.562. The molecular weight excluding hydrogens is 252 g/mol. The molecule has 0 fully saturated rings. The molecule has 0 aliphatic carbocycles. The molecule has 0 spiro atoms. The van der Waals surface area contributed by atoms with Gasteiger partial charge in [0.25, 0.3) is 0 Å². The fourth-order valence-electron chi connectivity index (χ4n) is 2.36. The number of nitrogens with one attached hydrogen (secondary N) is 1. The predicted molar refractivity (Wildman–Crippen MR) is 77.9 cm³/mol. The summed E-state index contributed by atoms with van der Waals surface area (Å²) in [5.74, 6) is 1.83. The highest BCUT2D eigenvalue weighted by Crippen LogP contribution is 2.34. The van der Waals surface area contributed by atoms with Gasteiger partial charge in [0.15, 0.2) is 0 Å². The van der Waals surface area contributed by atoms with Crippen molar-refractivity contribution in [2.75, 3.05) is 13.7 Å². The van der Waals surface area contributed by atoms with Gasteiger partial charge in [0.1, 0.15) is 17.6 Å². The zero-order chi connectivity index (χ0) is 14.8. The Kier molecular flexibility index (Phi) is 4.20. The lowest BCUT2D eigenvalue weighted by Gasteiger charge is -2.17.